The van der Waals surface area contributed by atoms with Crippen LogP contribution in [-0.2, 0) is 0 Å². The predicted molar refractivity (Wildman–Crippen MR) is 101 cm³/mol. The van der Waals surface area contributed by atoms with Gasteiger partial charge in [0, 0.05) is 34.5 Å². The topological polar surface area (TPSA) is 66.2 Å². The molecule has 3 heterocycles. The fourth-order valence-electron chi connectivity index (χ4n) is 3.59. The number of aliphatic hydroxyl groups is 1. The number of nitrogens with one attached hydrogen (secondary N) is 1. The first-order valence-corrected chi connectivity index (χ1v) is 9.11. The maximum atomic E-state index is 13.4. The summed E-state index contributed by atoms with van der Waals surface area (Å²) in [5, 5.41) is 17.8. The van der Waals surface area contributed by atoms with Crippen molar-refractivity contribution in [3.63, 3.8) is 0 Å². The lowest BCUT2D eigenvalue weighted by molar-refractivity contribution is 0.193. The molecule has 1 aliphatic carbocycles. The van der Waals surface area contributed by atoms with E-state index >= 15 is 0 Å². The summed E-state index contributed by atoms with van der Waals surface area (Å²) in [7, 11) is 0. The first kappa shape index (κ1) is 16.2. The molecule has 5 rings (SSSR count). The smallest absolute Gasteiger partial charge is 0.137 e. The fraction of sp³-hybridized carbons (Fsp3) is 0.238. The Bertz CT molecular complexity index is 1120. The Hall–Kier alpha value is -2.99. The molecule has 0 spiro atoms. The molecule has 1 aliphatic rings. The number of aromatic amines is 1. The van der Waals surface area contributed by atoms with E-state index < -0.39 is 6.10 Å². The Morgan fingerprint density at radius 3 is 2.59 bits per heavy atom. The zero-order valence-electron chi connectivity index (χ0n) is 14.9. The monoisotopic (exact) mass is 362 g/mol. The second-order valence-corrected chi connectivity index (χ2v) is 7.15. The molecule has 136 valence electrons. The standard InChI is InChI=1S/C21H19FN4O/c1-12(27)17-10-23-18-9-6-15(11-26(17)18)19-20(13-2-3-13)24-25-21(19)14-4-7-16(22)8-5-14/h4-13,27H,2-3H2,1H3,(H,24,25). The van der Waals surface area contributed by atoms with Crippen LogP contribution in [0.3, 0.4) is 0 Å². The van der Waals surface area contributed by atoms with E-state index in [9.17, 15) is 9.50 Å². The van der Waals surface area contributed by atoms with E-state index in [1.54, 1.807) is 25.3 Å². The van der Waals surface area contributed by atoms with Crippen LogP contribution < -0.4 is 0 Å². The number of nitrogens with zero attached hydrogens (tertiary/aromatic N) is 3. The highest BCUT2D eigenvalue weighted by molar-refractivity contribution is 5.83. The highest BCUT2D eigenvalue weighted by Gasteiger charge is 2.31. The van der Waals surface area contributed by atoms with Crippen LogP contribution >= 0.6 is 0 Å². The van der Waals surface area contributed by atoms with Gasteiger partial charge in [-0.3, -0.25) is 5.10 Å². The van der Waals surface area contributed by atoms with Gasteiger partial charge in [0.05, 0.1) is 18.0 Å². The van der Waals surface area contributed by atoms with Gasteiger partial charge in [-0.25, -0.2) is 9.37 Å². The quantitative estimate of drug-likeness (QED) is 0.563. The van der Waals surface area contributed by atoms with Crippen molar-refractivity contribution in [3.8, 4) is 22.4 Å². The summed E-state index contributed by atoms with van der Waals surface area (Å²) in [5.74, 6) is 0.219. The maximum Gasteiger partial charge on any atom is 0.137 e. The van der Waals surface area contributed by atoms with E-state index in [-0.39, 0.29) is 5.82 Å². The first-order chi connectivity index (χ1) is 13.1. The van der Waals surface area contributed by atoms with Gasteiger partial charge in [-0.05, 0) is 56.2 Å². The number of benzene rings is 1. The normalized spacial score (nSPS) is 15.4. The van der Waals surface area contributed by atoms with Crippen LogP contribution in [0.5, 0.6) is 0 Å². The van der Waals surface area contributed by atoms with Gasteiger partial charge in [0.25, 0.3) is 0 Å². The van der Waals surface area contributed by atoms with Crippen LogP contribution in [0, 0.1) is 5.82 Å². The third kappa shape index (κ3) is 2.73. The highest BCUT2D eigenvalue weighted by atomic mass is 19.1. The molecule has 6 heteroatoms. The molecule has 0 aliphatic heterocycles. The Labute approximate surface area is 155 Å². The molecule has 0 amide bonds. The van der Waals surface area contributed by atoms with Crippen LogP contribution in [0.15, 0.2) is 48.8 Å². The van der Waals surface area contributed by atoms with Crippen LogP contribution in [0.25, 0.3) is 28.0 Å². The van der Waals surface area contributed by atoms with Crippen molar-refractivity contribution in [1.29, 1.82) is 0 Å². The molecule has 1 atom stereocenters. The number of hydrogen-bond donors (Lipinski definition) is 2. The van der Waals surface area contributed by atoms with E-state index in [0.29, 0.717) is 5.92 Å². The van der Waals surface area contributed by atoms with Crippen LogP contribution in [-0.4, -0.2) is 24.7 Å². The number of hydrogen-bond acceptors (Lipinski definition) is 3. The number of halogens is 1. The highest BCUT2D eigenvalue weighted by Crippen LogP contribution is 2.46. The zero-order valence-corrected chi connectivity index (χ0v) is 14.9. The SMILES string of the molecule is CC(O)c1cnc2ccc(-c3c(-c4ccc(F)cc4)n[nH]c3C3CC3)cn12. The van der Waals surface area contributed by atoms with E-state index in [4.69, 9.17) is 0 Å². The third-order valence-electron chi connectivity index (χ3n) is 5.15. The molecule has 5 nitrogen and oxygen atoms in total. The summed E-state index contributed by atoms with van der Waals surface area (Å²) in [6.07, 6.45) is 5.36. The second kappa shape index (κ2) is 6.03. The van der Waals surface area contributed by atoms with Crippen molar-refractivity contribution >= 4 is 5.65 Å². The van der Waals surface area contributed by atoms with Crippen molar-refractivity contribution in [1.82, 2.24) is 19.6 Å². The molecule has 1 unspecified atom stereocenters. The molecule has 0 radical (unpaired) electrons. The molecule has 2 N–H and O–H groups in total. The number of pyridine rings is 1. The average molecular weight is 362 g/mol. The minimum atomic E-state index is -0.612. The summed E-state index contributed by atoms with van der Waals surface area (Å²) >= 11 is 0. The van der Waals surface area contributed by atoms with Crippen molar-refractivity contribution in [2.24, 2.45) is 0 Å². The molecular weight excluding hydrogens is 343 g/mol. The number of fused-ring (bicyclic) bond motifs is 1. The molecule has 0 bridgehead atoms. The lowest BCUT2D eigenvalue weighted by Gasteiger charge is -2.09. The Kier molecular flexibility index (Phi) is 3.62. The van der Waals surface area contributed by atoms with Gasteiger partial charge in [-0.1, -0.05) is 0 Å². The van der Waals surface area contributed by atoms with Gasteiger partial charge < -0.3 is 9.51 Å². The van der Waals surface area contributed by atoms with Crippen LogP contribution in [0.1, 0.15) is 43.2 Å². The van der Waals surface area contributed by atoms with Gasteiger partial charge in [-0.15, -0.1) is 0 Å². The third-order valence-corrected chi connectivity index (χ3v) is 5.15. The van der Waals surface area contributed by atoms with E-state index in [1.807, 2.05) is 22.7 Å². The van der Waals surface area contributed by atoms with Crippen molar-refractivity contribution in [2.45, 2.75) is 31.8 Å². The Balaban J connectivity index is 1.72. The zero-order chi connectivity index (χ0) is 18.5. The van der Waals surface area contributed by atoms with E-state index in [1.165, 1.54) is 12.1 Å². The van der Waals surface area contributed by atoms with Crippen LogP contribution in [0.2, 0.25) is 0 Å². The number of imidazole rings is 1. The van der Waals surface area contributed by atoms with Gasteiger partial charge in [-0.2, -0.15) is 5.10 Å². The molecule has 1 saturated carbocycles. The first-order valence-electron chi connectivity index (χ1n) is 9.11. The van der Waals surface area contributed by atoms with Gasteiger partial charge >= 0.3 is 0 Å². The van der Waals surface area contributed by atoms with Crippen molar-refractivity contribution in [2.75, 3.05) is 0 Å². The molecule has 4 aromatic rings. The van der Waals surface area contributed by atoms with E-state index in [0.717, 1.165) is 52.3 Å². The summed E-state index contributed by atoms with van der Waals surface area (Å²) in [5.41, 5.74) is 6.37. The molecular formula is C21H19FN4O. The summed E-state index contributed by atoms with van der Waals surface area (Å²) in [4.78, 5) is 4.36. The molecule has 3 aromatic heterocycles. The lowest BCUT2D eigenvalue weighted by atomic mass is 9.98. The number of rotatable bonds is 4. The van der Waals surface area contributed by atoms with Crippen LogP contribution in [0.4, 0.5) is 4.39 Å². The van der Waals surface area contributed by atoms with Crippen molar-refractivity contribution < 1.29 is 9.50 Å². The average Bonchev–Trinajstić information content (AvgIpc) is 3.27. The van der Waals surface area contributed by atoms with E-state index in [2.05, 4.69) is 15.2 Å². The largest absolute Gasteiger partial charge is 0.387 e. The number of aromatic nitrogens is 4. The molecule has 1 aromatic carbocycles. The van der Waals surface area contributed by atoms with Gasteiger partial charge in [0.2, 0.25) is 0 Å². The maximum absolute atomic E-state index is 13.4. The molecule has 0 saturated heterocycles. The van der Waals surface area contributed by atoms with Gasteiger partial charge in [0.1, 0.15) is 17.2 Å². The minimum Gasteiger partial charge on any atom is -0.387 e. The Morgan fingerprint density at radius 1 is 1.15 bits per heavy atom. The fourth-order valence-corrected chi connectivity index (χ4v) is 3.59. The summed E-state index contributed by atoms with van der Waals surface area (Å²) in [6, 6.07) is 10.4. The predicted octanol–water partition coefficient (Wildman–Crippen LogP) is 4.46. The minimum absolute atomic E-state index is 0.264. The Morgan fingerprint density at radius 2 is 1.89 bits per heavy atom. The van der Waals surface area contributed by atoms with Gasteiger partial charge in [0.15, 0.2) is 0 Å². The number of H-pyrrole nitrogens is 1. The summed E-state index contributed by atoms with van der Waals surface area (Å²) in [6.45, 7) is 1.73. The molecule has 1 fully saturated rings. The van der Waals surface area contributed by atoms with Crippen molar-refractivity contribution in [3.05, 3.63) is 66.0 Å². The second-order valence-electron chi connectivity index (χ2n) is 7.15. The summed E-state index contributed by atoms with van der Waals surface area (Å²) < 4.78 is 15.3. The molecule has 27 heavy (non-hydrogen) atoms. The number of aliphatic hydroxyl groups excluding tert-OH is 1. The lowest BCUT2D eigenvalue weighted by Crippen LogP contribution is -1.98.